The van der Waals surface area contributed by atoms with Gasteiger partial charge in [-0.15, -0.1) is 0 Å². The number of furan rings is 1. The maximum absolute atomic E-state index is 11.9. The second-order valence-electron chi connectivity index (χ2n) is 3.95. The van der Waals surface area contributed by atoms with Crippen molar-refractivity contribution in [2.45, 2.75) is 6.92 Å². The van der Waals surface area contributed by atoms with Crippen LogP contribution in [0.25, 0.3) is 11.0 Å². The number of carboxylic acids is 1. The van der Waals surface area contributed by atoms with E-state index < -0.39 is 17.7 Å². The first-order chi connectivity index (χ1) is 10.0. The number of esters is 1. The van der Waals surface area contributed by atoms with Crippen molar-refractivity contribution in [2.24, 2.45) is 0 Å². The normalized spacial score (nSPS) is 9.86. The number of nitriles is 2. The van der Waals surface area contributed by atoms with Crippen molar-refractivity contribution < 1.29 is 23.8 Å². The molecule has 0 bridgehead atoms. The van der Waals surface area contributed by atoms with Gasteiger partial charge in [0.25, 0.3) is 0 Å². The average molecular weight is 284 g/mol. The van der Waals surface area contributed by atoms with E-state index in [0.717, 1.165) is 0 Å². The van der Waals surface area contributed by atoms with Gasteiger partial charge in [0.15, 0.2) is 0 Å². The first-order valence-corrected chi connectivity index (χ1v) is 5.84. The SMILES string of the molecule is CCOC(=O)c1c(C(=O)O)oc2cc(C#N)c(C#N)cc12. The maximum atomic E-state index is 11.9. The van der Waals surface area contributed by atoms with Crippen LogP contribution in [0.3, 0.4) is 0 Å². The summed E-state index contributed by atoms with van der Waals surface area (Å²) < 4.78 is 9.91. The van der Waals surface area contributed by atoms with Gasteiger partial charge in [-0.1, -0.05) is 0 Å². The van der Waals surface area contributed by atoms with E-state index in [1.807, 2.05) is 6.07 Å². The molecule has 0 radical (unpaired) electrons. The number of rotatable bonds is 3. The van der Waals surface area contributed by atoms with Crippen molar-refractivity contribution in [3.8, 4) is 12.1 Å². The minimum absolute atomic E-state index is 0.0216. The first-order valence-electron chi connectivity index (χ1n) is 5.84. The van der Waals surface area contributed by atoms with Gasteiger partial charge < -0.3 is 14.3 Å². The Balaban J connectivity index is 2.84. The molecule has 0 amide bonds. The van der Waals surface area contributed by atoms with E-state index >= 15 is 0 Å². The zero-order valence-electron chi connectivity index (χ0n) is 10.8. The van der Waals surface area contributed by atoms with Crippen molar-refractivity contribution in [1.82, 2.24) is 0 Å². The van der Waals surface area contributed by atoms with Gasteiger partial charge in [0.05, 0.1) is 17.7 Å². The third kappa shape index (κ3) is 2.28. The van der Waals surface area contributed by atoms with Crippen LogP contribution >= 0.6 is 0 Å². The average Bonchev–Trinajstić information content (AvgIpc) is 2.84. The Bertz CT molecular complexity index is 836. The highest BCUT2D eigenvalue weighted by atomic mass is 16.5. The lowest BCUT2D eigenvalue weighted by Crippen LogP contribution is -2.09. The smallest absolute Gasteiger partial charge is 0.372 e. The number of nitrogens with zero attached hydrogens (tertiary/aromatic N) is 2. The molecule has 0 spiro atoms. The largest absolute Gasteiger partial charge is 0.475 e. The molecule has 0 fully saturated rings. The second-order valence-corrected chi connectivity index (χ2v) is 3.95. The van der Waals surface area contributed by atoms with Gasteiger partial charge in [-0.2, -0.15) is 10.5 Å². The van der Waals surface area contributed by atoms with Crippen LogP contribution in [0.4, 0.5) is 0 Å². The molecule has 7 nitrogen and oxygen atoms in total. The Morgan fingerprint density at radius 1 is 1.29 bits per heavy atom. The molecule has 2 rings (SSSR count). The number of carboxylic acid groups (broad SMARTS) is 1. The molecule has 21 heavy (non-hydrogen) atoms. The predicted molar refractivity (Wildman–Crippen MR) is 68.6 cm³/mol. The highest BCUT2D eigenvalue weighted by molar-refractivity contribution is 6.11. The van der Waals surface area contributed by atoms with E-state index in [1.165, 1.54) is 12.1 Å². The zero-order chi connectivity index (χ0) is 15.6. The molecule has 7 heteroatoms. The number of carbonyl (C=O) groups excluding carboxylic acids is 1. The topological polar surface area (TPSA) is 124 Å². The lowest BCUT2D eigenvalue weighted by molar-refractivity contribution is 0.0510. The fourth-order valence-electron chi connectivity index (χ4n) is 1.88. The number of benzene rings is 1. The van der Waals surface area contributed by atoms with Crippen LogP contribution in [0.5, 0.6) is 0 Å². The van der Waals surface area contributed by atoms with Crippen molar-refractivity contribution in [1.29, 1.82) is 10.5 Å². The van der Waals surface area contributed by atoms with Gasteiger partial charge in [-0.25, -0.2) is 9.59 Å². The zero-order valence-corrected chi connectivity index (χ0v) is 10.8. The Kier molecular flexibility index (Phi) is 3.59. The van der Waals surface area contributed by atoms with E-state index in [2.05, 4.69) is 0 Å². The minimum Gasteiger partial charge on any atom is -0.475 e. The van der Waals surface area contributed by atoms with Gasteiger partial charge in [0.1, 0.15) is 23.3 Å². The Labute approximate surface area is 118 Å². The van der Waals surface area contributed by atoms with Crippen LogP contribution in [-0.2, 0) is 4.74 Å². The summed E-state index contributed by atoms with van der Waals surface area (Å²) in [6.45, 7) is 1.64. The fourth-order valence-corrected chi connectivity index (χ4v) is 1.88. The first kappa shape index (κ1) is 14.1. The van der Waals surface area contributed by atoms with Crippen molar-refractivity contribution in [2.75, 3.05) is 6.61 Å². The highest BCUT2D eigenvalue weighted by Gasteiger charge is 2.27. The van der Waals surface area contributed by atoms with Crippen LogP contribution in [0.1, 0.15) is 39.0 Å². The summed E-state index contributed by atoms with van der Waals surface area (Å²) in [5.74, 6) is -2.88. The van der Waals surface area contributed by atoms with E-state index in [4.69, 9.17) is 24.8 Å². The maximum Gasteiger partial charge on any atom is 0.372 e. The summed E-state index contributed by atoms with van der Waals surface area (Å²) in [5, 5.41) is 27.2. The molecular weight excluding hydrogens is 276 g/mol. The molecule has 1 aromatic heterocycles. The molecule has 1 aromatic carbocycles. The second kappa shape index (κ2) is 5.35. The molecule has 1 heterocycles. The fraction of sp³-hybridized carbons (Fsp3) is 0.143. The van der Waals surface area contributed by atoms with Gasteiger partial charge in [-0.05, 0) is 13.0 Å². The van der Waals surface area contributed by atoms with Gasteiger partial charge >= 0.3 is 11.9 Å². The standard InChI is InChI=1S/C14H8N2O5/c1-2-20-14(19)11-9-3-7(5-15)8(6-16)4-10(9)21-12(11)13(17)18/h3-4H,2H2,1H3,(H,17,18). The van der Waals surface area contributed by atoms with Gasteiger partial charge in [0, 0.05) is 11.5 Å². The number of ether oxygens (including phenoxy) is 1. The van der Waals surface area contributed by atoms with E-state index in [-0.39, 0.29) is 34.3 Å². The molecule has 0 aliphatic carbocycles. The van der Waals surface area contributed by atoms with Crippen LogP contribution in [-0.4, -0.2) is 23.7 Å². The quantitative estimate of drug-likeness (QED) is 0.855. The van der Waals surface area contributed by atoms with Gasteiger partial charge in [0.2, 0.25) is 5.76 Å². The van der Waals surface area contributed by atoms with E-state index in [1.54, 1.807) is 13.0 Å². The molecule has 0 saturated heterocycles. The number of fused-ring (bicyclic) bond motifs is 1. The molecule has 2 aromatic rings. The highest BCUT2D eigenvalue weighted by Crippen LogP contribution is 2.29. The van der Waals surface area contributed by atoms with Crippen molar-refractivity contribution in [3.63, 3.8) is 0 Å². The van der Waals surface area contributed by atoms with E-state index in [9.17, 15) is 9.59 Å². The van der Waals surface area contributed by atoms with Crippen LogP contribution in [0.15, 0.2) is 16.5 Å². The Morgan fingerprint density at radius 3 is 2.43 bits per heavy atom. The summed E-state index contributed by atoms with van der Waals surface area (Å²) >= 11 is 0. The lowest BCUT2D eigenvalue weighted by atomic mass is 10.0. The molecule has 1 N–H and O–H groups in total. The predicted octanol–water partition coefficient (Wildman–Crippen LogP) is 2.05. The van der Waals surface area contributed by atoms with Crippen LogP contribution < -0.4 is 0 Å². The lowest BCUT2D eigenvalue weighted by Gasteiger charge is -2.00. The van der Waals surface area contributed by atoms with Gasteiger partial charge in [-0.3, -0.25) is 0 Å². The Hall–Kier alpha value is -3.32. The summed E-state index contributed by atoms with van der Waals surface area (Å²) in [6, 6.07) is 6.09. The van der Waals surface area contributed by atoms with Crippen molar-refractivity contribution >= 4 is 22.9 Å². The number of hydrogen-bond donors (Lipinski definition) is 1. The summed E-state index contributed by atoms with van der Waals surface area (Å²) in [5.41, 5.74) is -0.175. The number of hydrogen-bond acceptors (Lipinski definition) is 6. The summed E-state index contributed by atoms with van der Waals surface area (Å²) in [4.78, 5) is 23.1. The molecule has 104 valence electrons. The number of aromatic carboxylic acids is 1. The Morgan fingerprint density at radius 2 is 1.90 bits per heavy atom. The minimum atomic E-state index is -1.44. The third-order valence-corrected chi connectivity index (χ3v) is 2.74. The molecule has 0 atom stereocenters. The number of carbonyl (C=O) groups is 2. The molecule has 0 unspecified atom stereocenters. The van der Waals surface area contributed by atoms with Crippen LogP contribution in [0.2, 0.25) is 0 Å². The summed E-state index contributed by atoms with van der Waals surface area (Å²) in [6.07, 6.45) is 0. The molecular formula is C14H8N2O5. The molecule has 0 aliphatic heterocycles. The molecule has 0 aliphatic rings. The summed E-state index contributed by atoms with van der Waals surface area (Å²) in [7, 11) is 0. The molecule has 0 saturated carbocycles. The van der Waals surface area contributed by atoms with Crippen LogP contribution in [0, 0.1) is 22.7 Å². The van der Waals surface area contributed by atoms with E-state index in [0.29, 0.717) is 0 Å². The third-order valence-electron chi connectivity index (χ3n) is 2.74. The monoisotopic (exact) mass is 284 g/mol. The van der Waals surface area contributed by atoms with Crippen molar-refractivity contribution in [3.05, 3.63) is 34.6 Å².